The fraction of sp³-hybridized carbons (Fsp3) is 1.00. The second-order valence-corrected chi connectivity index (χ2v) is 4.24. The summed E-state index contributed by atoms with van der Waals surface area (Å²) < 4.78 is 11.3. The molecule has 3 nitrogen and oxygen atoms in total. The van der Waals surface area contributed by atoms with Crippen molar-refractivity contribution < 1.29 is 9.47 Å². The average Bonchev–Trinajstić information content (AvgIpc) is 2.86. The van der Waals surface area contributed by atoms with Crippen molar-refractivity contribution >= 4 is 0 Å². The Bertz CT molecular complexity index is 166. The van der Waals surface area contributed by atoms with Crippen LogP contribution in [0, 0.1) is 0 Å². The van der Waals surface area contributed by atoms with E-state index >= 15 is 0 Å². The largest absolute Gasteiger partial charge is 0.353 e. The van der Waals surface area contributed by atoms with E-state index in [-0.39, 0.29) is 6.29 Å². The number of hydrogen-bond acceptors (Lipinski definition) is 3. The van der Waals surface area contributed by atoms with E-state index < -0.39 is 0 Å². The molecule has 2 aliphatic rings. The van der Waals surface area contributed by atoms with E-state index in [4.69, 9.17) is 9.47 Å². The molecule has 1 heterocycles. The van der Waals surface area contributed by atoms with Crippen LogP contribution in [0.25, 0.3) is 0 Å². The maximum Gasteiger partial charge on any atom is 0.158 e. The Morgan fingerprint density at radius 3 is 2.69 bits per heavy atom. The molecule has 0 spiro atoms. The highest BCUT2D eigenvalue weighted by molar-refractivity contribution is 4.95. The third kappa shape index (κ3) is 2.42. The maximum atomic E-state index is 5.81. The molecule has 0 aromatic heterocycles. The van der Waals surface area contributed by atoms with Crippen LogP contribution in [0.1, 0.15) is 25.7 Å². The number of likely N-dealkylation sites (N-methyl/N-ethyl adjacent to an activating group) is 1. The Labute approximate surface area is 80.0 Å². The molecule has 0 amide bonds. The fourth-order valence-corrected chi connectivity index (χ4v) is 1.86. The van der Waals surface area contributed by atoms with E-state index in [1.165, 1.54) is 19.3 Å². The van der Waals surface area contributed by atoms with E-state index in [1.807, 2.05) is 0 Å². The molecule has 0 radical (unpaired) electrons. The minimum absolute atomic E-state index is 0.0868. The van der Waals surface area contributed by atoms with Gasteiger partial charge >= 0.3 is 0 Å². The first-order valence-electron chi connectivity index (χ1n) is 5.21. The zero-order valence-electron chi connectivity index (χ0n) is 8.53. The van der Waals surface area contributed by atoms with Crippen LogP contribution < -0.4 is 0 Å². The first-order valence-corrected chi connectivity index (χ1v) is 5.21. The minimum atomic E-state index is 0.0868. The molecule has 0 aromatic rings. The molecule has 3 atom stereocenters. The summed E-state index contributed by atoms with van der Waals surface area (Å²) in [6, 6.07) is 0.630. The molecule has 2 rings (SSSR count). The Morgan fingerprint density at radius 1 is 1.31 bits per heavy atom. The Morgan fingerprint density at radius 2 is 2.15 bits per heavy atom. The first-order chi connectivity index (χ1) is 6.27. The number of nitrogens with zero attached hydrogens (tertiary/aromatic N) is 1. The van der Waals surface area contributed by atoms with E-state index in [9.17, 15) is 0 Å². The molecule has 3 heteroatoms. The monoisotopic (exact) mass is 185 g/mol. The van der Waals surface area contributed by atoms with Crippen LogP contribution in [0.2, 0.25) is 0 Å². The summed E-state index contributed by atoms with van der Waals surface area (Å²) >= 11 is 0. The second-order valence-electron chi connectivity index (χ2n) is 4.24. The molecule has 76 valence electrons. The zero-order chi connectivity index (χ0) is 9.26. The van der Waals surface area contributed by atoms with Gasteiger partial charge in [-0.3, -0.25) is 0 Å². The average molecular weight is 185 g/mol. The van der Waals surface area contributed by atoms with Crippen molar-refractivity contribution in [3.05, 3.63) is 0 Å². The van der Waals surface area contributed by atoms with Gasteiger partial charge in [0.1, 0.15) is 0 Å². The van der Waals surface area contributed by atoms with E-state index in [0.717, 1.165) is 13.0 Å². The molecule has 3 unspecified atom stereocenters. The summed E-state index contributed by atoms with van der Waals surface area (Å²) in [7, 11) is 4.21. The van der Waals surface area contributed by atoms with E-state index in [0.29, 0.717) is 12.1 Å². The van der Waals surface area contributed by atoms with Crippen molar-refractivity contribution in [2.45, 2.75) is 44.1 Å². The highest BCUT2D eigenvalue weighted by atomic mass is 16.7. The first kappa shape index (κ1) is 9.44. The molecule has 1 saturated heterocycles. The lowest BCUT2D eigenvalue weighted by Gasteiger charge is -2.23. The van der Waals surface area contributed by atoms with Crippen molar-refractivity contribution in [1.29, 1.82) is 0 Å². The molecule has 2 fully saturated rings. The molecule has 0 bridgehead atoms. The third-order valence-electron chi connectivity index (χ3n) is 2.83. The van der Waals surface area contributed by atoms with Crippen LogP contribution >= 0.6 is 0 Å². The van der Waals surface area contributed by atoms with Crippen molar-refractivity contribution in [2.24, 2.45) is 0 Å². The smallest absolute Gasteiger partial charge is 0.158 e. The van der Waals surface area contributed by atoms with Gasteiger partial charge < -0.3 is 14.4 Å². The van der Waals surface area contributed by atoms with E-state index in [1.54, 1.807) is 0 Å². The lowest BCUT2D eigenvalue weighted by atomic mass is 10.2. The van der Waals surface area contributed by atoms with Gasteiger partial charge in [0.2, 0.25) is 0 Å². The molecular weight excluding hydrogens is 166 g/mol. The quantitative estimate of drug-likeness (QED) is 0.660. The predicted octanol–water partition coefficient (Wildman–Crippen LogP) is 1.23. The van der Waals surface area contributed by atoms with Gasteiger partial charge in [-0.2, -0.15) is 0 Å². The maximum absolute atomic E-state index is 5.81. The van der Waals surface area contributed by atoms with Gasteiger partial charge in [-0.05, 0) is 39.8 Å². The van der Waals surface area contributed by atoms with Crippen LogP contribution in [0.5, 0.6) is 0 Å². The highest BCUT2D eigenvalue weighted by Crippen LogP contribution is 2.32. The molecule has 1 aliphatic heterocycles. The fourth-order valence-electron chi connectivity index (χ4n) is 1.86. The third-order valence-corrected chi connectivity index (χ3v) is 2.83. The second kappa shape index (κ2) is 3.95. The van der Waals surface area contributed by atoms with Gasteiger partial charge in [-0.25, -0.2) is 0 Å². The lowest BCUT2D eigenvalue weighted by molar-refractivity contribution is -0.171. The molecule has 0 aromatic carbocycles. The summed E-state index contributed by atoms with van der Waals surface area (Å²) in [5.74, 6) is 0. The van der Waals surface area contributed by atoms with Gasteiger partial charge in [-0.15, -0.1) is 0 Å². The summed E-state index contributed by atoms with van der Waals surface area (Å²) in [6.45, 7) is 0.879. The summed E-state index contributed by atoms with van der Waals surface area (Å²) in [6.07, 6.45) is 5.22. The van der Waals surface area contributed by atoms with Crippen LogP contribution in [0.3, 0.4) is 0 Å². The van der Waals surface area contributed by atoms with Crippen molar-refractivity contribution in [2.75, 3.05) is 20.7 Å². The lowest BCUT2D eigenvalue weighted by Crippen LogP contribution is -2.26. The molecule has 1 saturated carbocycles. The van der Waals surface area contributed by atoms with Crippen LogP contribution in [-0.2, 0) is 9.47 Å². The number of rotatable bonds is 3. The molecule has 13 heavy (non-hydrogen) atoms. The van der Waals surface area contributed by atoms with Crippen molar-refractivity contribution in [1.82, 2.24) is 4.90 Å². The van der Waals surface area contributed by atoms with Crippen LogP contribution in [-0.4, -0.2) is 44.0 Å². The molecule has 0 N–H and O–H groups in total. The normalized spacial score (nSPS) is 39.5. The highest BCUT2D eigenvalue weighted by Gasteiger charge is 2.41. The minimum Gasteiger partial charge on any atom is -0.353 e. The van der Waals surface area contributed by atoms with Crippen molar-refractivity contribution in [3.8, 4) is 0 Å². The van der Waals surface area contributed by atoms with Crippen LogP contribution in [0.15, 0.2) is 0 Å². The van der Waals surface area contributed by atoms with Gasteiger partial charge in [-0.1, -0.05) is 0 Å². The van der Waals surface area contributed by atoms with Gasteiger partial charge in [0, 0.05) is 12.6 Å². The number of hydrogen-bond donors (Lipinski definition) is 0. The standard InChI is InChI=1S/C10H19NO2/c1-11(2)8-7-9(8)13-10-5-3-4-6-12-10/h8-10H,3-7H2,1-2H3. The summed E-state index contributed by atoms with van der Waals surface area (Å²) in [4.78, 5) is 2.23. The topological polar surface area (TPSA) is 21.7 Å². The summed E-state index contributed by atoms with van der Waals surface area (Å²) in [5, 5.41) is 0. The van der Waals surface area contributed by atoms with Gasteiger partial charge in [0.15, 0.2) is 6.29 Å². The molecule has 1 aliphatic carbocycles. The Kier molecular flexibility index (Phi) is 2.86. The number of ether oxygens (including phenoxy) is 2. The van der Waals surface area contributed by atoms with Crippen molar-refractivity contribution in [3.63, 3.8) is 0 Å². The summed E-state index contributed by atoms with van der Waals surface area (Å²) in [5.41, 5.74) is 0. The Balaban J connectivity index is 1.68. The van der Waals surface area contributed by atoms with Gasteiger partial charge in [0.25, 0.3) is 0 Å². The van der Waals surface area contributed by atoms with Crippen LogP contribution in [0.4, 0.5) is 0 Å². The van der Waals surface area contributed by atoms with E-state index in [2.05, 4.69) is 19.0 Å². The van der Waals surface area contributed by atoms with Gasteiger partial charge in [0.05, 0.1) is 6.10 Å². The zero-order valence-corrected chi connectivity index (χ0v) is 8.53. The SMILES string of the molecule is CN(C)C1CC1OC1CCCCO1. The Hall–Kier alpha value is -0.120. The predicted molar refractivity (Wildman–Crippen MR) is 50.6 cm³/mol. The molecular formula is C10H19NO2.